The minimum absolute atomic E-state index is 0.113. The van der Waals surface area contributed by atoms with Gasteiger partial charge >= 0.3 is 0 Å². The van der Waals surface area contributed by atoms with E-state index in [0.717, 1.165) is 0 Å². The summed E-state index contributed by atoms with van der Waals surface area (Å²) < 4.78 is 14.9. The van der Waals surface area contributed by atoms with Crippen LogP contribution in [-0.4, -0.2) is 14.5 Å². The number of nitrogens with zero attached hydrogens (tertiary/aromatic N) is 3. The van der Waals surface area contributed by atoms with Gasteiger partial charge in [-0.1, -0.05) is 0 Å². The summed E-state index contributed by atoms with van der Waals surface area (Å²) in [4.78, 5) is 15.5. The number of aliphatic hydroxyl groups excluding tert-OH is 1. The van der Waals surface area contributed by atoms with E-state index >= 15 is 0 Å². The molecule has 0 radical (unpaired) electrons. The number of benzene rings is 1. The number of aromatic nitrogens is 2. The first-order valence-electron chi connectivity index (χ1n) is 6.35. The quantitative estimate of drug-likeness (QED) is 0.750. The fourth-order valence-electron chi connectivity index (χ4n) is 2.25. The minimum Gasteiger partial charge on any atom is -0.392 e. The van der Waals surface area contributed by atoms with Gasteiger partial charge in [-0.3, -0.25) is 4.40 Å². The van der Waals surface area contributed by atoms with Gasteiger partial charge in [0.05, 0.1) is 6.61 Å². The van der Waals surface area contributed by atoms with Crippen LogP contribution in [0.4, 0.5) is 10.2 Å². The van der Waals surface area contributed by atoms with E-state index in [2.05, 4.69) is 10.2 Å². The molecule has 0 aliphatic rings. The molecule has 0 amide bonds. The van der Waals surface area contributed by atoms with Crippen molar-refractivity contribution in [2.75, 3.05) is 0 Å². The molecule has 0 atom stereocenters. The van der Waals surface area contributed by atoms with Gasteiger partial charge in [-0.15, -0.1) is 4.91 Å². The maximum Gasteiger partial charge on any atom is 0.209 e. The number of hydrogen-bond acceptors (Lipinski definition) is 4. The number of aliphatic hydroxyl groups is 1. The number of nitroso groups, excluding NO2 is 1. The summed E-state index contributed by atoms with van der Waals surface area (Å²) in [5.74, 6) is -0.161. The summed E-state index contributed by atoms with van der Waals surface area (Å²) in [5, 5.41) is 12.2. The molecule has 5 nitrogen and oxygen atoms in total. The zero-order valence-corrected chi connectivity index (χ0v) is 11.2. The van der Waals surface area contributed by atoms with Gasteiger partial charge < -0.3 is 5.11 Å². The molecule has 0 saturated heterocycles. The van der Waals surface area contributed by atoms with Gasteiger partial charge in [-0.05, 0) is 53.6 Å². The van der Waals surface area contributed by atoms with Gasteiger partial charge in [0.15, 0.2) is 0 Å². The summed E-state index contributed by atoms with van der Waals surface area (Å²) >= 11 is 0. The predicted octanol–water partition coefficient (Wildman–Crippen LogP) is 3.34. The molecule has 0 aliphatic carbocycles. The van der Waals surface area contributed by atoms with Crippen molar-refractivity contribution >= 4 is 11.5 Å². The summed E-state index contributed by atoms with van der Waals surface area (Å²) in [6.45, 7) is 1.53. The summed E-state index contributed by atoms with van der Waals surface area (Å²) in [7, 11) is 0. The van der Waals surface area contributed by atoms with Crippen LogP contribution >= 0.6 is 0 Å². The Morgan fingerprint density at radius 3 is 2.81 bits per heavy atom. The van der Waals surface area contributed by atoms with Crippen LogP contribution in [0.3, 0.4) is 0 Å². The van der Waals surface area contributed by atoms with E-state index in [4.69, 9.17) is 5.11 Å². The Bertz CT molecular complexity index is 842. The van der Waals surface area contributed by atoms with Crippen molar-refractivity contribution < 1.29 is 9.50 Å². The van der Waals surface area contributed by atoms with Crippen LogP contribution in [0.15, 0.2) is 41.7 Å². The lowest BCUT2D eigenvalue weighted by atomic mass is 10.1. The molecular formula is C15H12FN3O2. The average Bonchev–Trinajstić information content (AvgIpc) is 2.87. The zero-order valence-electron chi connectivity index (χ0n) is 11.2. The van der Waals surface area contributed by atoms with Gasteiger partial charge in [0.1, 0.15) is 17.2 Å². The molecule has 0 fully saturated rings. The molecular weight excluding hydrogens is 273 g/mol. The first-order valence-corrected chi connectivity index (χ1v) is 6.35. The highest BCUT2D eigenvalue weighted by Crippen LogP contribution is 2.31. The number of rotatable bonds is 3. The summed E-state index contributed by atoms with van der Waals surface area (Å²) in [6.07, 6.45) is 1.63. The molecule has 0 saturated carbocycles. The smallest absolute Gasteiger partial charge is 0.209 e. The van der Waals surface area contributed by atoms with E-state index in [-0.39, 0.29) is 18.2 Å². The number of pyridine rings is 1. The highest BCUT2D eigenvalue weighted by molar-refractivity contribution is 5.75. The molecule has 0 bridgehead atoms. The average molecular weight is 285 g/mol. The fraction of sp³-hybridized carbons (Fsp3) is 0.133. The van der Waals surface area contributed by atoms with Gasteiger partial charge in [0.25, 0.3) is 0 Å². The van der Waals surface area contributed by atoms with Crippen LogP contribution in [0.5, 0.6) is 0 Å². The lowest BCUT2D eigenvalue weighted by Gasteiger charge is -2.01. The van der Waals surface area contributed by atoms with Gasteiger partial charge in [0, 0.05) is 11.8 Å². The first-order chi connectivity index (χ1) is 10.1. The summed E-state index contributed by atoms with van der Waals surface area (Å²) in [6, 6.07) is 7.88. The van der Waals surface area contributed by atoms with E-state index in [0.29, 0.717) is 28.0 Å². The van der Waals surface area contributed by atoms with Crippen molar-refractivity contribution in [1.82, 2.24) is 9.38 Å². The minimum atomic E-state index is -0.314. The standard InChI is InChI=1S/C15H12FN3O2/c1-9-6-11(2-3-12(9)16)14-15(18-21)19-5-4-10(8-20)7-13(19)17-14/h2-7,20H,8H2,1H3. The molecule has 2 heterocycles. The molecule has 1 N–H and O–H groups in total. The van der Waals surface area contributed by atoms with Crippen molar-refractivity contribution in [3.8, 4) is 11.3 Å². The fourth-order valence-corrected chi connectivity index (χ4v) is 2.25. The van der Waals surface area contributed by atoms with Gasteiger partial charge in [-0.25, -0.2) is 9.37 Å². The summed E-state index contributed by atoms with van der Waals surface area (Å²) in [5.41, 5.74) is 2.68. The molecule has 6 heteroatoms. The van der Waals surface area contributed by atoms with Crippen LogP contribution in [0.1, 0.15) is 11.1 Å². The second kappa shape index (κ2) is 5.06. The van der Waals surface area contributed by atoms with Crippen molar-refractivity contribution in [3.63, 3.8) is 0 Å². The molecule has 2 aromatic heterocycles. The third-order valence-electron chi connectivity index (χ3n) is 3.37. The number of aryl methyl sites for hydroxylation is 1. The van der Waals surface area contributed by atoms with E-state index < -0.39 is 0 Å². The monoisotopic (exact) mass is 285 g/mol. The van der Waals surface area contributed by atoms with Crippen LogP contribution in [-0.2, 0) is 6.61 Å². The maximum atomic E-state index is 13.4. The largest absolute Gasteiger partial charge is 0.392 e. The van der Waals surface area contributed by atoms with Crippen LogP contribution < -0.4 is 0 Å². The van der Waals surface area contributed by atoms with Gasteiger partial charge in [0.2, 0.25) is 5.82 Å². The van der Waals surface area contributed by atoms with E-state index in [1.165, 1.54) is 6.07 Å². The Labute approximate surface area is 119 Å². The topological polar surface area (TPSA) is 67.0 Å². The second-order valence-electron chi connectivity index (χ2n) is 4.76. The lowest BCUT2D eigenvalue weighted by Crippen LogP contribution is -1.88. The Kier molecular flexibility index (Phi) is 3.23. The number of halogens is 1. The Morgan fingerprint density at radius 2 is 2.14 bits per heavy atom. The SMILES string of the molecule is Cc1cc(-c2nc3cc(CO)ccn3c2N=O)ccc1F. The lowest BCUT2D eigenvalue weighted by molar-refractivity contribution is 0.282. The first kappa shape index (κ1) is 13.4. The van der Waals surface area contributed by atoms with Crippen molar-refractivity contribution in [3.05, 3.63) is 58.4 Å². The number of hydrogen-bond donors (Lipinski definition) is 1. The molecule has 0 spiro atoms. The molecule has 21 heavy (non-hydrogen) atoms. The Morgan fingerprint density at radius 1 is 1.33 bits per heavy atom. The third-order valence-corrected chi connectivity index (χ3v) is 3.37. The van der Waals surface area contributed by atoms with Crippen LogP contribution in [0.25, 0.3) is 16.9 Å². The third kappa shape index (κ3) is 2.19. The van der Waals surface area contributed by atoms with Crippen LogP contribution in [0, 0.1) is 17.6 Å². The Hall–Kier alpha value is -2.60. The number of imidazole rings is 1. The van der Waals surface area contributed by atoms with Crippen molar-refractivity contribution in [2.24, 2.45) is 5.18 Å². The molecule has 3 aromatic rings. The maximum absolute atomic E-state index is 13.4. The van der Waals surface area contributed by atoms with E-state index in [1.807, 2.05) is 0 Å². The molecule has 3 rings (SSSR count). The van der Waals surface area contributed by atoms with E-state index in [9.17, 15) is 9.30 Å². The highest BCUT2D eigenvalue weighted by Gasteiger charge is 2.15. The Balaban J connectivity index is 2.25. The molecule has 0 aliphatic heterocycles. The van der Waals surface area contributed by atoms with Crippen molar-refractivity contribution in [1.29, 1.82) is 0 Å². The number of fused-ring (bicyclic) bond motifs is 1. The zero-order chi connectivity index (χ0) is 15.0. The normalized spacial score (nSPS) is 11.0. The van der Waals surface area contributed by atoms with Crippen LogP contribution in [0.2, 0.25) is 0 Å². The molecule has 106 valence electrons. The van der Waals surface area contributed by atoms with E-state index in [1.54, 1.807) is 41.8 Å². The van der Waals surface area contributed by atoms with Crippen molar-refractivity contribution in [2.45, 2.75) is 13.5 Å². The molecule has 0 unspecified atom stereocenters. The van der Waals surface area contributed by atoms with Gasteiger partial charge in [-0.2, -0.15) is 0 Å². The molecule has 1 aromatic carbocycles. The second-order valence-corrected chi connectivity index (χ2v) is 4.76. The predicted molar refractivity (Wildman–Crippen MR) is 76.7 cm³/mol. The highest BCUT2D eigenvalue weighted by atomic mass is 19.1.